The lowest BCUT2D eigenvalue weighted by Gasteiger charge is -2.30. The van der Waals surface area contributed by atoms with E-state index in [2.05, 4.69) is 14.9 Å². The van der Waals surface area contributed by atoms with Crippen molar-refractivity contribution in [2.24, 2.45) is 0 Å². The van der Waals surface area contributed by atoms with Crippen molar-refractivity contribution in [3.8, 4) is 22.6 Å². The quantitative estimate of drug-likeness (QED) is 0.398. The summed E-state index contributed by atoms with van der Waals surface area (Å²) in [6.45, 7) is 0.105. The monoisotopic (exact) mass is 541 g/mol. The van der Waals surface area contributed by atoms with Crippen molar-refractivity contribution in [1.82, 2.24) is 19.1 Å². The zero-order chi connectivity index (χ0) is 26.2. The van der Waals surface area contributed by atoms with Crippen LogP contribution in [0, 0.1) is 5.82 Å². The molecule has 0 radical (unpaired) electrons. The molecule has 3 heterocycles. The van der Waals surface area contributed by atoms with Gasteiger partial charge in [-0.25, -0.2) is 4.39 Å². The molecular weight excluding hydrogens is 521 g/mol. The molecule has 4 aromatic rings. The van der Waals surface area contributed by atoms with Gasteiger partial charge in [-0.1, -0.05) is 29.8 Å². The molecule has 5 rings (SSSR count). The summed E-state index contributed by atoms with van der Waals surface area (Å²) < 4.78 is 51.8. The fourth-order valence-electron chi connectivity index (χ4n) is 4.32. The Morgan fingerprint density at radius 2 is 1.95 bits per heavy atom. The summed E-state index contributed by atoms with van der Waals surface area (Å²) in [6.07, 6.45) is 1.65. The third-order valence-corrected chi connectivity index (χ3v) is 7.72. The van der Waals surface area contributed by atoms with Gasteiger partial charge in [-0.2, -0.15) is 17.8 Å². The number of fused-ring (bicyclic) bond motifs is 1. The standard InChI is InChI=1S/C25H21ClFN5O4S/c1-36-23-13-19(16-4-2-5-18(26)12-16)20(27)14-22(23)32-21-9-11-31(15-17(21)7-8-25(32)33)37(34,35)30-24-6-3-10-28-29-24/h2-8,10,12-14H,9,11,15H2,1H3,(H,29,30). The van der Waals surface area contributed by atoms with E-state index in [1.54, 1.807) is 36.4 Å². The second-order valence-corrected chi connectivity index (χ2v) is 10.4. The van der Waals surface area contributed by atoms with Crippen molar-refractivity contribution in [2.45, 2.75) is 13.0 Å². The first-order valence-corrected chi connectivity index (χ1v) is 13.0. The molecule has 190 valence electrons. The minimum absolute atomic E-state index is 0.0105. The normalized spacial score (nSPS) is 13.7. The van der Waals surface area contributed by atoms with Crippen molar-refractivity contribution < 1.29 is 17.5 Å². The number of methoxy groups -OCH3 is 1. The van der Waals surface area contributed by atoms with Crippen LogP contribution in [0.5, 0.6) is 5.75 Å². The van der Waals surface area contributed by atoms with Crippen LogP contribution in [0.1, 0.15) is 11.3 Å². The van der Waals surface area contributed by atoms with Crippen LogP contribution in [-0.2, 0) is 23.2 Å². The first-order valence-electron chi connectivity index (χ1n) is 11.2. The largest absolute Gasteiger partial charge is 0.495 e. The van der Waals surface area contributed by atoms with Gasteiger partial charge in [0.15, 0.2) is 5.82 Å². The Morgan fingerprint density at radius 1 is 1.11 bits per heavy atom. The van der Waals surface area contributed by atoms with E-state index in [0.717, 1.165) is 0 Å². The molecule has 12 heteroatoms. The smallest absolute Gasteiger partial charge is 0.303 e. The van der Waals surface area contributed by atoms with Crippen molar-refractivity contribution in [3.05, 3.63) is 99.3 Å². The van der Waals surface area contributed by atoms with Crippen molar-refractivity contribution in [2.75, 3.05) is 18.4 Å². The summed E-state index contributed by atoms with van der Waals surface area (Å²) in [6, 6.07) is 15.5. The third kappa shape index (κ3) is 4.93. The Balaban J connectivity index is 1.53. The maximum atomic E-state index is 15.3. The van der Waals surface area contributed by atoms with Gasteiger partial charge in [-0.15, -0.1) is 5.10 Å². The van der Waals surface area contributed by atoms with Gasteiger partial charge in [0.2, 0.25) is 0 Å². The first-order chi connectivity index (χ1) is 17.8. The number of rotatable bonds is 6. The summed E-state index contributed by atoms with van der Waals surface area (Å²) in [7, 11) is -2.49. The van der Waals surface area contributed by atoms with Gasteiger partial charge in [0, 0.05) is 54.1 Å². The number of halogens is 2. The topological polar surface area (TPSA) is 106 Å². The van der Waals surface area contributed by atoms with Crippen LogP contribution in [0.3, 0.4) is 0 Å². The lowest BCUT2D eigenvalue weighted by Crippen LogP contribution is -2.41. The van der Waals surface area contributed by atoms with Crippen LogP contribution < -0.4 is 15.0 Å². The zero-order valence-corrected chi connectivity index (χ0v) is 21.1. The summed E-state index contributed by atoms with van der Waals surface area (Å²) in [5.41, 5.74) is 1.85. The van der Waals surface area contributed by atoms with Gasteiger partial charge >= 0.3 is 10.2 Å². The van der Waals surface area contributed by atoms with Crippen LogP contribution in [-0.4, -0.2) is 41.1 Å². The van der Waals surface area contributed by atoms with E-state index in [1.165, 1.54) is 46.4 Å². The van der Waals surface area contributed by atoms with Gasteiger partial charge in [-0.3, -0.25) is 14.1 Å². The minimum atomic E-state index is -3.93. The van der Waals surface area contributed by atoms with Gasteiger partial charge in [-0.05, 0) is 41.5 Å². The number of pyridine rings is 1. The molecule has 0 atom stereocenters. The maximum absolute atomic E-state index is 15.3. The first kappa shape index (κ1) is 24.9. The maximum Gasteiger partial charge on any atom is 0.303 e. The average Bonchev–Trinajstić information content (AvgIpc) is 2.88. The van der Waals surface area contributed by atoms with E-state index in [0.29, 0.717) is 21.8 Å². The molecule has 0 bridgehead atoms. The SMILES string of the molecule is COc1cc(-c2cccc(Cl)c2)c(F)cc1-n1c2c(ccc1=O)CN(S(=O)(=O)Nc1cccnn1)CC2. The van der Waals surface area contributed by atoms with Crippen molar-refractivity contribution >= 4 is 27.6 Å². The van der Waals surface area contributed by atoms with E-state index >= 15 is 4.39 Å². The van der Waals surface area contributed by atoms with Crippen LogP contribution in [0.4, 0.5) is 10.2 Å². The number of ether oxygens (including phenoxy) is 1. The molecule has 0 fully saturated rings. The number of anilines is 1. The van der Waals surface area contributed by atoms with Gasteiger partial charge in [0.1, 0.15) is 11.6 Å². The minimum Gasteiger partial charge on any atom is -0.495 e. The fourth-order valence-corrected chi connectivity index (χ4v) is 5.65. The second kappa shape index (κ2) is 9.92. The molecule has 1 N–H and O–H groups in total. The Hall–Kier alpha value is -3.80. The number of nitrogens with zero attached hydrogens (tertiary/aromatic N) is 4. The molecule has 1 aliphatic rings. The van der Waals surface area contributed by atoms with E-state index in [9.17, 15) is 13.2 Å². The number of hydrogen-bond donors (Lipinski definition) is 1. The highest BCUT2D eigenvalue weighted by molar-refractivity contribution is 7.90. The zero-order valence-electron chi connectivity index (χ0n) is 19.6. The lowest BCUT2D eigenvalue weighted by molar-refractivity contribution is 0.385. The van der Waals surface area contributed by atoms with Crippen LogP contribution in [0.25, 0.3) is 16.8 Å². The molecular formula is C25H21ClFN5O4S. The van der Waals surface area contributed by atoms with Crippen molar-refractivity contribution in [3.63, 3.8) is 0 Å². The molecule has 9 nitrogen and oxygen atoms in total. The van der Waals surface area contributed by atoms with Crippen LogP contribution >= 0.6 is 11.6 Å². The fraction of sp³-hybridized carbons (Fsp3) is 0.160. The molecule has 0 unspecified atom stereocenters. The molecule has 0 saturated heterocycles. The summed E-state index contributed by atoms with van der Waals surface area (Å²) in [5.74, 6) is -0.180. The summed E-state index contributed by atoms with van der Waals surface area (Å²) >= 11 is 6.08. The van der Waals surface area contributed by atoms with E-state index in [1.807, 2.05) is 0 Å². The van der Waals surface area contributed by atoms with E-state index in [4.69, 9.17) is 16.3 Å². The highest BCUT2D eigenvalue weighted by Gasteiger charge is 2.30. The molecule has 0 amide bonds. The summed E-state index contributed by atoms with van der Waals surface area (Å²) in [5, 5.41) is 7.90. The third-order valence-electron chi connectivity index (χ3n) is 6.02. The van der Waals surface area contributed by atoms with Gasteiger partial charge in [0.05, 0.1) is 12.8 Å². The van der Waals surface area contributed by atoms with Crippen LogP contribution in [0.15, 0.2) is 71.7 Å². The van der Waals surface area contributed by atoms with Crippen LogP contribution in [0.2, 0.25) is 5.02 Å². The summed E-state index contributed by atoms with van der Waals surface area (Å²) in [4.78, 5) is 13.0. The molecule has 2 aromatic carbocycles. The molecule has 0 spiro atoms. The molecule has 2 aromatic heterocycles. The Morgan fingerprint density at radius 3 is 2.68 bits per heavy atom. The molecule has 0 saturated carbocycles. The Kier molecular flexibility index (Phi) is 6.67. The predicted octanol–water partition coefficient (Wildman–Crippen LogP) is 3.81. The van der Waals surface area contributed by atoms with Gasteiger partial charge < -0.3 is 4.74 Å². The number of nitrogens with one attached hydrogen (secondary N) is 1. The molecule has 37 heavy (non-hydrogen) atoms. The average molecular weight is 542 g/mol. The number of benzene rings is 2. The Labute approximate surface area is 217 Å². The number of aromatic nitrogens is 3. The highest BCUT2D eigenvalue weighted by atomic mass is 35.5. The molecule has 1 aliphatic heterocycles. The van der Waals surface area contributed by atoms with Crippen molar-refractivity contribution in [1.29, 1.82) is 0 Å². The molecule has 0 aliphatic carbocycles. The van der Waals surface area contributed by atoms with E-state index in [-0.39, 0.29) is 47.9 Å². The predicted molar refractivity (Wildman–Crippen MR) is 138 cm³/mol. The number of hydrogen-bond acceptors (Lipinski definition) is 6. The highest BCUT2D eigenvalue weighted by Crippen LogP contribution is 2.34. The van der Waals surface area contributed by atoms with Gasteiger partial charge in [0.25, 0.3) is 5.56 Å². The lowest BCUT2D eigenvalue weighted by atomic mass is 10.0. The Bertz CT molecular complexity index is 1650. The second-order valence-electron chi connectivity index (χ2n) is 8.29. The van der Waals surface area contributed by atoms with E-state index < -0.39 is 16.0 Å².